The zero-order valence-electron chi connectivity index (χ0n) is 16.0. The highest BCUT2D eigenvalue weighted by Gasteiger charge is 2.26. The van der Waals surface area contributed by atoms with Gasteiger partial charge in [0, 0.05) is 25.0 Å². The summed E-state index contributed by atoms with van der Waals surface area (Å²) in [6, 6.07) is 13.2. The average molecular weight is 376 g/mol. The van der Waals surface area contributed by atoms with Crippen molar-refractivity contribution in [2.45, 2.75) is 32.6 Å². The molecule has 2 amide bonds. The number of imidazole rings is 1. The second kappa shape index (κ2) is 7.84. The van der Waals surface area contributed by atoms with Gasteiger partial charge in [0.05, 0.1) is 5.52 Å². The van der Waals surface area contributed by atoms with Gasteiger partial charge in [0.15, 0.2) is 5.69 Å². The summed E-state index contributed by atoms with van der Waals surface area (Å²) in [6.07, 6.45) is 5.77. The molecule has 6 heteroatoms. The van der Waals surface area contributed by atoms with E-state index in [1.54, 1.807) is 10.6 Å². The highest BCUT2D eigenvalue weighted by atomic mass is 16.2. The van der Waals surface area contributed by atoms with E-state index in [1.165, 1.54) is 0 Å². The molecule has 1 N–H and O–H groups in total. The zero-order valence-corrected chi connectivity index (χ0v) is 16.0. The number of likely N-dealkylation sites (tertiary alicyclic amines) is 1. The molecule has 28 heavy (non-hydrogen) atoms. The first-order valence-corrected chi connectivity index (χ1v) is 9.84. The van der Waals surface area contributed by atoms with Crippen LogP contribution in [0.2, 0.25) is 0 Å². The number of rotatable bonds is 4. The van der Waals surface area contributed by atoms with Crippen LogP contribution in [0, 0.1) is 0 Å². The number of fused-ring (bicyclic) bond motifs is 1. The van der Waals surface area contributed by atoms with Crippen LogP contribution in [-0.2, 0) is 6.42 Å². The van der Waals surface area contributed by atoms with Crippen molar-refractivity contribution in [3.8, 4) is 0 Å². The fourth-order valence-electron chi connectivity index (χ4n) is 3.73. The molecule has 144 valence electrons. The molecule has 1 aliphatic heterocycles. The molecule has 0 spiro atoms. The molecule has 0 radical (unpaired) electrons. The van der Waals surface area contributed by atoms with Crippen LogP contribution >= 0.6 is 0 Å². The minimum absolute atomic E-state index is 0.101. The van der Waals surface area contributed by atoms with Crippen molar-refractivity contribution in [2.24, 2.45) is 0 Å². The Labute approximate surface area is 164 Å². The molecule has 4 rings (SSSR count). The molecule has 3 aromatic rings. The third-order valence-electron chi connectivity index (χ3n) is 5.24. The maximum atomic E-state index is 13.0. The summed E-state index contributed by atoms with van der Waals surface area (Å²) in [4.78, 5) is 32.3. The van der Waals surface area contributed by atoms with E-state index in [2.05, 4.69) is 10.3 Å². The fourth-order valence-corrected chi connectivity index (χ4v) is 3.73. The molecule has 0 atom stereocenters. The number of aromatic nitrogens is 2. The van der Waals surface area contributed by atoms with E-state index in [1.807, 2.05) is 54.3 Å². The zero-order chi connectivity index (χ0) is 19.5. The maximum absolute atomic E-state index is 13.0. The Hall–Kier alpha value is -3.15. The standard InChI is InChI=1S/C22H24N4O2/c1-2-16-10-4-5-11-17(16)23-21(27)20-24-19(18-12-6-9-15-26(18)20)22(28)25-13-7-3-8-14-25/h4-6,9-12,15H,2-3,7-8,13-14H2,1H3,(H,23,27). The molecule has 2 aromatic heterocycles. The number of nitrogens with one attached hydrogen (secondary N) is 1. The predicted octanol–water partition coefficient (Wildman–Crippen LogP) is 3.78. The number of hydrogen-bond donors (Lipinski definition) is 1. The number of pyridine rings is 1. The van der Waals surface area contributed by atoms with Crippen LogP contribution in [0.5, 0.6) is 0 Å². The van der Waals surface area contributed by atoms with Crippen molar-refractivity contribution in [1.29, 1.82) is 0 Å². The summed E-state index contributed by atoms with van der Waals surface area (Å²) in [5.41, 5.74) is 2.83. The highest BCUT2D eigenvalue weighted by Crippen LogP contribution is 2.20. The van der Waals surface area contributed by atoms with E-state index in [0.29, 0.717) is 11.2 Å². The first kappa shape index (κ1) is 18.2. The number of aryl methyl sites for hydroxylation is 1. The number of hydrogen-bond acceptors (Lipinski definition) is 3. The summed E-state index contributed by atoms with van der Waals surface area (Å²) < 4.78 is 1.70. The molecule has 1 fully saturated rings. The Morgan fingerprint density at radius 1 is 1.04 bits per heavy atom. The van der Waals surface area contributed by atoms with Crippen LogP contribution in [0.1, 0.15) is 52.9 Å². The van der Waals surface area contributed by atoms with Crippen LogP contribution in [-0.4, -0.2) is 39.2 Å². The number of benzene rings is 1. The summed E-state index contributed by atoms with van der Waals surface area (Å²) in [5, 5.41) is 2.95. The minimum atomic E-state index is -0.320. The van der Waals surface area contributed by atoms with Crippen molar-refractivity contribution in [3.63, 3.8) is 0 Å². The van der Waals surface area contributed by atoms with Crippen LogP contribution < -0.4 is 5.32 Å². The fraction of sp³-hybridized carbons (Fsp3) is 0.318. The summed E-state index contributed by atoms with van der Waals surface area (Å²) in [6.45, 7) is 3.54. The van der Waals surface area contributed by atoms with Crippen molar-refractivity contribution >= 4 is 23.0 Å². The van der Waals surface area contributed by atoms with E-state index in [4.69, 9.17) is 0 Å². The van der Waals surface area contributed by atoms with Crippen molar-refractivity contribution in [1.82, 2.24) is 14.3 Å². The van der Waals surface area contributed by atoms with E-state index < -0.39 is 0 Å². The second-order valence-electron chi connectivity index (χ2n) is 7.06. The molecule has 1 saturated heterocycles. The van der Waals surface area contributed by atoms with Gasteiger partial charge in [-0.25, -0.2) is 4.98 Å². The van der Waals surface area contributed by atoms with Crippen LogP contribution in [0.15, 0.2) is 48.7 Å². The van der Waals surface area contributed by atoms with E-state index in [-0.39, 0.29) is 17.6 Å². The van der Waals surface area contributed by atoms with Crippen LogP contribution in [0.25, 0.3) is 5.52 Å². The molecule has 6 nitrogen and oxygen atoms in total. The SMILES string of the molecule is CCc1ccccc1NC(=O)c1nc(C(=O)N2CCCCC2)c2ccccn12. The first-order chi connectivity index (χ1) is 13.7. The van der Waals surface area contributed by atoms with Gasteiger partial charge in [-0.05, 0) is 49.4 Å². The van der Waals surface area contributed by atoms with Gasteiger partial charge in [-0.15, -0.1) is 0 Å². The van der Waals surface area contributed by atoms with Crippen molar-refractivity contribution in [3.05, 3.63) is 65.7 Å². The third-order valence-corrected chi connectivity index (χ3v) is 5.24. The van der Waals surface area contributed by atoms with E-state index in [0.717, 1.165) is 50.0 Å². The predicted molar refractivity (Wildman–Crippen MR) is 109 cm³/mol. The van der Waals surface area contributed by atoms with Gasteiger partial charge in [-0.2, -0.15) is 0 Å². The number of carbonyl (C=O) groups excluding carboxylic acids is 2. The topological polar surface area (TPSA) is 66.7 Å². The second-order valence-corrected chi connectivity index (χ2v) is 7.06. The summed E-state index contributed by atoms with van der Waals surface area (Å²) in [5.74, 6) is -0.196. The normalized spacial score (nSPS) is 14.2. The van der Waals surface area contributed by atoms with E-state index in [9.17, 15) is 9.59 Å². The summed E-state index contributed by atoms with van der Waals surface area (Å²) in [7, 11) is 0. The lowest BCUT2D eigenvalue weighted by molar-refractivity contribution is 0.0721. The van der Waals surface area contributed by atoms with Gasteiger partial charge in [0.2, 0.25) is 5.82 Å². The largest absolute Gasteiger partial charge is 0.337 e. The van der Waals surface area contributed by atoms with Crippen molar-refractivity contribution in [2.75, 3.05) is 18.4 Å². The lowest BCUT2D eigenvalue weighted by atomic mass is 10.1. The smallest absolute Gasteiger partial charge is 0.292 e. The number of amides is 2. The number of nitrogens with zero attached hydrogens (tertiary/aromatic N) is 3. The minimum Gasteiger partial charge on any atom is -0.337 e. The van der Waals surface area contributed by atoms with Gasteiger partial charge in [-0.1, -0.05) is 31.2 Å². The Kier molecular flexibility index (Phi) is 5.10. The number of carbonyl (C=O) groups is 2. The lowest BCUT2D eigenvalue weighted by Gasteiger charge is -2.25. The maximum Gasteiger partial charge on any atom is 0.292 e. The van der Waals surface area contributed by atoms with Gasteiger partial charge < -0.3 is 10.2 Å². The van der Waals surface area contributed by atoms with Gasteiger partial charge in [0.1, 0.15) is 0 Å². The van der Waals surface area contributed by atoms with Gasteiger partial charge >= 0.3 is 0 Å². The number of piperidine rings is 1. The third kappa shape index (κ3) is 3.38. The Morgan fingerprint density at radius 2 is 1.79 bits per heavy atom. The number of para-hydroxylation sites is 1. The van der Waals surface area contributed by atoms with Gasteiger partial charge in [0.25, 0.3) is 11.8 Å². The monoisotopic (exact) mass is 376 g/mol. The first-order valence-electron chi connectivity index (χ1n) is 9.84. The lowest BCUT2D eigenvalue weighted by Crippen LogP contribution is -2.36. The van der Waals surface area contributed by atoms with Crippen LogP contribution in [0.4, 0.5) is 5.69 Å². The molecular formula is C22H24N4O2. The average Bonchev–Trinajstić information content (AvgIpc) is 3.14. The molecule has 0 unspecified atom stereocenters. The quantitative estimate of drug-likeness (QED) is 0.754. The highest BCUT2D eigenvalue weighted by molar-refractivity contribution is 6.06. The van der Waals surface area contributed by atoms with Crippen molar-refractivity contribution < 1.29 is 9.59 Å². The Morgan fingerprint density at radius 3 is 2.57 bits per heavy atom. The van der Waals surface area contributed by atoms with Gasteiger partial charge in [-0.3, -0.25) is 14.0 Å². The molecule has 0 saturated carbocycles. The summed E-state index contributed by atoms with van der Waals surface area (Å²) >= 11 is 0. The van der Waals surface area contributed by atoms with E-state index >= 15 is 0 Å². The molecule has 3 heterocycles. The molecule has 1 aromatic carbocycles. The molecular weight excluding hydrogens is 352 g/mol. The Bertz CT molecular complexity index is 1020. The number of anilines is 1. The molecule has 0 aliphatic carbocycles. The van der Waals surface area contributed by atoms with Crippen LogP contribution in [0.3, 0.4) is 0 Å². The molecule has 1 aliphatic rings. The molecule has 0 bridgehead atoms. The Balaban J connectivity index is 1.69.